The van der Waals surface area contributed by atoms with Crippen LogP contribution < -0.4 is 5.32 Å². The van der Waals surface area contributed by atoms with E-state index in [4.69, 9.17) is 4.74 Å². The second-order valence-electron chi connectivity index (χ2n) is 5.19. The van der Waals surface area contributed by atoms with Crippen molar-refractivity contribution >= 4 is 49.8 Å². The lowest BCUT2D eigenvalue weighted by molar-refractivity contribution is -0.146. The number of halogens is 1. The summed E-state index contributed by atoms with van der Waals surface area (Å²) in [6.07, 6.45) is 3.68. The number of hydrogen-bond acceptors (Lipinski definition) is 5. The maximum absolute atomic E-state index is 11.9. The molecule has 1 amide bonds. The Balaban J connectivity index is 1.50. The molecule has 0 spiro atoms. The Labute approximate surface area is 150 Å². The molecule has 3 rings (SSSR count). The van der Waals surface area contributed by atoms with Crippen molar-refractivity contribution in [2.75, 3.05) is 11.9 Å². The van der Waals surface area contributed by atoms with E-state index in [0.29, 0.717) is 11.4 Å². The van der Waals surface area contributed by atoms with E-state index in [9.17, 15) is 9.59 Å². The van der Waals surface area contributed by atoms with Gasteiger partial charge in [-0.1, -0.05) is 6.07 Å². The Morgan fingerprint density at radius 1 is 1.42 bits per heavy atom. The van der Waals surface area contributed by atoms with Gasteiger partial charge in [-0.05, 0) is 40.5 Å². The molecule has 3 aromatic rings. The zero-order valence-electron chi connectivity index (χ0n) is 12.8. The van der Waals surface area contributed by atoms with E-state index in [1.807, 2.05) is 35.0 Å². The van der Waals surface area contributed by atoms with E-state index in [0.717, 1.165) is 15.0 Å². The Morgan fingerprint density at radius 3 is 3.00 bits per heavy atom. The third kappa shape index (κ3) is 4.01. The highest BCUT2D eigenvalue weighted by molar-refractivity contribution is 9.10. The summed E-state index contributed by atoms with van der Waals surface area (Å²) in [7, 11) is 0. The van der Waals surface area contributed by atoms with Crippen molar-refractivity contribution in [3.05, 3.63) is 51.7 Å². The summed E-state index contributed by atoms with van der Waals surface area (Å²) >= 11 is 4.87. The second-order valence-corrected chi connectivity index (χ2v) is 6.92. The van der Waals surface area contributed by atoms with Gasteiger partial charge >= 0.3 is 5.97 Å². The van der Waals surface area contributed by atoms with Gasteiger partial charge in [-0.15, -0.1) is 11.3 Å². The van der Waals surface area contributed by atoms with Crippen LogP contribution in [0.3, 0.4) is 0 Å². The van der Waals surface area contributed by atoms with E-state index in [1.54, 1.807) is 12.3 Å². The van der Waals surface area contributed by atoms with E-state index in [1.165, 1.54) is 11.3 Å². The highest BCUT2D eigenvalue weighted by Gasteiger charge is 2.12. The lowest BCUT2D eigenvalue weighted by Crippen LogP contribution is -2.21. The summed E-state index contributed by atoms with van der Waals surface area (Å²) in [5, 5.41) is 4.61. The number of imidazole rings is 1. The number of nitrogens with zero attached hydrogens (tertiary/aromatic N) is 2. The average Bonchev–Trinajstić information content (AvgIpc) is 3.09. The van der Waals surface area contributed by atoms with Gasteiger partial charge in [0.2, 0.25) is 0 Å². The van der Waals surface area contributed by atoms with Gasteiger partial charge < -0.3 is 10.1 Å². The molecule has 8 heteroatoms. The maximum Gasteiger partial charge on any atom is 0.312 e. The van der Waals surface area contributed by atoms with Crippen LogP contribution in [0.15, 0.2) is 40.4 Å². The lowest BCUT2D eigenvalue weighted by atomic mass is 10.2. The standard InChI is InChI=1S/C16H14BrN3O3S/c1-10-2-3-13(12(17)6-10)19-14(21)9-23-15(22)7-11-8-20-4-5-24-16(20)18-11/h2-6,8H,7,9H2,1H3,(H,19,21). The van der Waals surface area contributed by atoms with Crippen molar-refractivity contribution in [1.29, 1.82) is 0 Å². The topological polar surface area (TPSA) is 72.7 Å². The second kappa shape index (κ2) is 7.14. The predicted molar refractivity (Wildman–Crippen MR) is 95.2 cm³/mol. The molecular weight excluding hydrogens is 394 g/mol. The number of hydrogen-bond donors (Lipinski definition) is 1. The number of amides is 1. The van der Waals surface area contributed by atoms with Gasteiger partial charge in [-0.2, -0.15) is 0 Å². The van der Waals surface area contributed by atoms with Crippen molar-refractivity contribution in [2.24, 2.45) is 0 Å². The summed E-state index contributed by atoms with van der Waals surface area (Å²) in [4.78, 5) is 28.8. The molecule has 0 saturated carbocycles. The molecule has 0 aliphatic heterocycles. The van der Waals surface area contributed by atoms with Gasteiger partial charge in [-0.3, -0.25) is 14.0 Å². The number of anilines is 1. The first-order valence-corrected chi connectivity index (χ1v) is 8.81. The van der Waals surface area contributed by atoms with Crippen molar-refractivity contribution in [1.82, 2.24) is 9.38 Å². The fourth-order valence-corrected chi connectivity index (χ4v) is 3.43. The van der Waals surface area contributed by atoms with Crippen molar-refractivity contribution in [2.45, 2.75) is 13.3 Å². The zero-order valence-corrected chi connectivity index (χ0v) is 15.2. The Hall–Kier alpha value is -2.19. The van der Waals surface area contributed by atoms with Crippen LogP contribution in [-0.2, 0) is 20.7 Å². The molecule has 0 radical (unpaired) electrons. The molecule has 0 aliphatic carbocycles. The van der Waals surface area contributed by atoms with Crippen LogP contribution in [0.4, 0.5) is 5.69 Å². The monoisotopic (exact) mass is 407 g/mol. The van der Waals surface area contributed by atoms with Crippen molar-refractivity contribution in [3.63, 3.8) is 0 Å². The number of fused-ring (bicyclic) bond motifs is 1. The zero-order chi connectivity index (χ0) is 17.1. The highest BCUT2D eigenvalue weighted by Crippen LogP contribution is 2.23. The molecule has 1 N–H and O–H groups in total. The molecule has 0 fully saturated rings. The Kier molecular flexibility index (Phi) is 4.96. The number of aryl methyl sites for hydroxylation is 1. The Bertz CT molecular complexity index is 874. The number of thiazole rings is 1. The van der Waals surface area contributed by atoms with E-state index < -0.39 is 11.9 Å². The molecule has 2 heterocycles. The average molecular weight is 408 g/mol. The third-order valence-corrected chi connectivity index (χ3v) is 4.66. The van der Waals surface area contributed by atoms with Crippen molar-refractivity contribution < 1.29 is 14.3 Å². The molecule has 24 heavy (non-hydrogen) atoms. The van der Waals surface area contributed by atoms with Crippen molar-refractivity contribution in [3.8, 4) is 0 Å². The molecule has 0 saturated heterocycles. The SMILES string of the molecule is Cc1ccc(NC(=O)COC(=O)Cc2cn3ccsc3n2)c(Br)c1. The number of ether oxygens (including phenoxy) is 1. The third-order valence-electron chi connectivity index (χ3n) is 3.23. The first-order valence-electron chi connectivity index (χ1n) is 7.14. The molecule has 2 aromatic heterocycles. The number of benzene rings is 1. The fourth-order valence-electron chi connectivity index (χ4n) is 2.11. The molecule has 6 nitrogen and oxygen atoms in total. The maximum atomic E-state index is 11.9. The van der Waals surface area contributed by atoms with Crippen LogP contribution >= 0.6 is 27.3 Å². The smallest absolute Gasteiger partial charge is 0.312 e. The molecule has 0 unspecified atom stereocenters. The Morgan fingerprint density at radius 2 is 2.25 bits per heavy atom. The first-order chi connectivity index (χ1) is 11.5. The summed E-state index contributed by atoms with van der Waals surface area (Å²) in [6, 6.07) is 5.57. The normalized spacial score (nSPS) is 10.8. The number of carbonyl (C=O) groups is 2. The minimum Gasteiger partial charge on any atom is -0.455 e. The van der Waals surface area contributed by atoms with Crippen LogP contribution in [0, 0.1) is 6.92 Å². The molecule has 124 valence electrons. The van der Waals surface area contributed by atoms with Gasteiger partial charge in [0.05, 0.1) is 17.8 Å². The van der Waals surface area contributed by atoms with Gasteiger partial charge in [0.25, 0.3) is 5.91 Å². The van der Waals surface area contributed by atoms with Gasteiger partial charge in [-0.25, -0.2) is 4.98 Å². The largest absolute Gasteiger partial charge is 0.455 e. The van der Waals surface area contributed by atoms with E-state index in [-0.39, 0.29) is 13.0 Å². The van der Waals surface area contributed by atoms with E-state index >= 15 is 0 Å². The molecule has 0 aliphatic rings. The molecule has 0 atom stereocenters. The van der Waals surface area contributed by atoms with Crippen LogP contribution in [0.1, 0.15) is 11.3 Å². The minimum absolute atomic E-state index is 0.0376. The number of carbonyl (C=O) groups excluding carboxylic acids is 2. The van der Waals surface area contributed by atoms with Gasteiger partial charge in [0.1, 0.15) is 0 Å². The number of aromatic nitrogens is 2. The summed E-state index contributed by atoms with van der Waals surface area (Å²) in [5.41, 5.74) is 2.33. The highest BCUT2D eigenvalue weighted by atomic mass is 79.9. The van der Waals surface area contributed by atoms with Crippen LogP contribution in [0.5, 0.6) is 0 Å². The predicted octanol–water partition coefficient (Wildman–Crippen LogP) is 3.19. The number of nitrogens with one attached hydrogen (secondary N) is 1. The van der Waals surface area contributed by atoms with Crippen LogP contribution in [0.2, 0.25) is 0 Å². The van der Waals surface area contributed by atoms with Gasteiger partial charge in [0.15, 0.2) is 11.6 Å². The summed E-state index contributed by atoms with van der Waals surface area (Å²) < 4.78 is 7.62. The molecular formula is C16H14BrN3O3S. The summed E-state index contributed by atoms with van der Waals surface area (Å²) in [6.45, 7) is 1.62. The minimum atomic E-state index is -0.487. The lowest BCUT2D eigenvalue weighted by Gasteiger charge is -2.08. The molecule has 1 aromatic carbocycles. The quantitative estimate of drug-likeness (QED) is 0.659. The van der Waals surface area contributed by atoms with Crippen LogP contribution in [-0.4, -0.2) is 27.9 Å². The van der Waals surface area contributed by atoms with Crippen LogP contribution in [0.25, 0.3) is 4.96 Å². The van der Waals surface area contributed by atoms with E-state index in [2.05, 4.69) is 26.2 Å². The van der Waals surface area contributed by atoms with Gasteiger partial charge in [0, 0.05) is 22.2 Å². The number of esters is 1. The molecule has 0 bridgehead atoms. The number of rotatable bonds is 5. The fraction of sp³-hybridized carbons (Fsp3) is 0.188. The first kappa shape index (κ1) is 16.7. The summed E-state index contributed by atoms with van der Waals surface area (Å²) in [5.74, 6) is -0.877.